The second-order valence-corrected chi connectivity index (χ2v) is 4.60. The first-order valence-electron chi connectivity index (χ1n) is 6.89. The lowest BCUT2D eigenvalue weighted by Gasteiger charge is -2.09. The van der Waals surface area contributed by atoms with Crippen molar-refractivity contribution in [2.75, 3.05) is 11.9 Å². The molecule has 0 spiro atoms. The average Bonchev–Trinajstić information content (AvgIpc) is 2.54. The summed E-state index contributed by atoms with van der Waals surface area (Å²) in [7, 11) is 0. The molecule has 0 aliphatic heterocycles. The van der Waals surface area contributed by atoms with Gasteiger partial charge in [-0.05, 0) is 30.7 Å². The van der Waals surface area contributed by atoms with Gasteiger partial charge in [-0.25, -0.2) is 0 Å². The van der Waals surface area contributed by atoms with Gasteiger partial charge in [-0.1, -0.05) is 25.1 Å². The van der Waals surface area contributed by atoms with Gasteiger partial charge in [-0.2, -0.15) is 0 Å². The fourth-order valence-electron chi connectivity index (χ4n) is 1.86. The highest BCUT2D eigenvalue weighted by molar-refractivity contribution is 6.05. The highest BCUT2D eigenvalue weighted by Crippen LogP contribution is 2.29. The first-order valence-corrected chi connectivity index (χ1v) is 6.89. The monoisotopic (exact) mass is 300 g/mol. The smallest absolute Gasteiger partial charge is 0.296 e. The normalized spacial score (nSPS) is 10.0. The third-order valence-electron chi connectivity index (χ3n) is 2.92. The third-order valence-corrected chi connectivity index (χ3v) is 2.92. The summed E-state index contributed by atoms with van der Waals surface area (Å²) in [5.74, 6) is 0.0113. The van der Waals surface area contributed by atoms with Gasteiger partial charge in [0.25, 0.3) is 11.6 Å². The van der Waals surface area contributed by atoms with Crippen LogP contribution in [0.1, 0.15) is 23.7 Å². The first-order chi connectivity index (χ1) is 10.6. The summed E-state index contributed by atoms with van der Waals surface area (Å²) >= 11 is 0. The van der Waals surface area contributed by atoms with Crippen LogP contribution in [0.5, 0.6) is 5.75 Å². The van der Waals surface area contributed by atoms with Gasteiger partial charge < -0.3 is 10.1 Å². The first kappa shape index (κ1) is 15.5. The summed E-state index contributed by atoms with van der Waals surface area (Å²) in [5, 5.41) is 13.7. The van der Waals surface area contributed by atoms with Crippen molar-refractivity contribution in [2.45, 2.75) is 13.3 Å². The molecule has 1 N–H and O–H groups in total. The van der Waals surface area contributed by atoms with Crippen LogP contribution in [0.15, 0.2) is 48.5 Å². The average molecular weight is 300 g/mol. The van der Waals surface area contributed by atoms with Gasteiger partial charge in [0, 0.05) is 5.56 Å². The molecule has 114 valence electrons. The van der Waals surface area contributed by atoms with Crippen molar-refractivity contribution in [1.29, 1.82) is 0 Å². The molecule has 0 aliphatic rings. The molecule has 2 aromatic rings. The van der Waals surface area contributed by atoms with E-state index in [2.05, 4.69) is 5.32 Å². The molecule has 2 rings (SSSR count). The van der Waals surface area contributed by atoms with Crippen LogP contribution in [-0.2, 0) is 0 Å². The zero-order valence-electron chi connectivity index (χ0n) is 12.1. The second-order valence-electron chi connectivity index (χ2n) is 4.60. The lowest BCUT2D eigenvalue weighted by atomic mass is 10.2. The van der Waals surface area contributed by atoms with Crippen molar-refractivity contribution >= 4 is 17.3 Å². The van der Waals surface area contributed by atoms with E-state index in [9.17, 15) is 14.9 Å². The Hall–Kier alpha value is -2.89. The van der Waals surface area contributed by atoms with Crippen molar-refractivity contribution < 1.29 is 14.5 Å². The predicted molar refractivity (Wildman–Crippen MR) is 83.3 cm³/mol. The lowest BCUT2D eigenvalue weighted by Crippen LogP contribution is -2.13. The highest BCUT2D eigenvalue weighted by Gasteiger charge is 2.18. The fourth-order valence-corrected chi connectivity index (χ4v) is 1.86. The number of hydrogen-bond acceptors (Lipinski definition) is 4. The third kappa shape index (κ3) is 3.82. The Morgan fingerprint density at radius 3 is 2.59 bits per heavy atom. The van der Waals surface area contributed by atoms with Gasteiger partial charge in [-0.15, -0.1) is 0 Å². The highest BCUT2D eigenvalue weighted by atomic mass is 16.6. The second kappa shape index (κ2) is 7.21. The van der Waals surface area contributed by atoms with E-state index in [1.165, 1.54) is 12.1 Å². The van der Waals surface area contributed by atoms with Crippen LogP contribution < -0.4 is 10.1 Å². The summed E-state index contributed by atoms with van der Waals surface area (Å²) in [6.07, 6.45) is 0.806. The van der Waals surface area contributed by atoms with Crippen molar-refractivity contribution in [2.24, 2.45) is 0 Å². The minimum atomic E-state index is -0.542. The maximum atomic E-state index is 12.1. The number of anilines is 1. The molecule has 0 fully saturated rings. The molecule has 0 unspecified atom stereocenters. The summed E-state index contributed by atoms with van der Waals surface area (Å²) in [4.78, 5) is 22.7. The largest absolute Gasteiger partial charge is 0.493 e. The summed E-state index contributed by atoms with van der Waals surface area (Å²) in [6.45, 7) is 2.43. The number of nitro groups is 1. The van der Waals surface area contributed by atoms with E-state index >= 15 is 0 Å². The quantitative estimate of drug-likeness (QED) is 0.652. The number of benzene rings is 2. The van der Waals surface area contributed by atoms with E-state index in [1.54, 1.807) is 36.4 Å². The number of carbonyl (C=O) groups is 1. The van der Waals surface area contributed by atoms with Crippen molar-refractivity contribution in [3.05, 3.63) is 64.2 Å². The fraction of sp³-hybridized carbons (Fsp3) is 0.188. The van der Waals surface area contributed by atoms with Crippen LogP contribution >= 0.6 is 0 Å². The number of rotatable bonds is 6. The number of hydrogen-bond donors (Lipinski definition) is 1. The van der Waals surface area contributed by atoms with Crippen LogP contribution in [0.4, 0.5) is 11.4 Å². The van der Waals surface area contributed by atoms with Crippen LogP contribution in [0.25, 0.3) is 0 Å². The van der Waals surface area contributed by atoms with Crippen LogP contribution in [0.3, 0.4) is 0 Å². The molecule has 0 saturated heterocycles. The summed E-state index contributed by atoms with van der Waals surface area (Å²) in [6, 6.07) is 12.9. The van der Waals surface area contributed by atoms with Crippen molar-refractivity contribution in [3.63, 3.8) is 0 Å². The van der Waals surface area contributed by atoms with E-state index < -0.39 is 10.8 Å². The Kier molecular flexibility index (Phi) is 5.08. The summed E-state index contributed by atoms with van der Waals surface area (Å²) in [5.41, 5.74) is 0.378. The molecular weight excluding hydrogens is 284 g/mol. The molecule has 0 saturated carbocycles. The molecule has 0 aromatic heterocycles. The minimum absolute atomic E-state index is 0.141. The zero-order valence-corrected chi connectivity index (χ0v) is 12.1. The topological polar surface area (TPSA) is 81.5 Å². The molecule has 0 bridgehead atoms. The molecule has 22 heavy (non-hydrogen) atoms. The maximum Gasteiger partial charge on any atom is 0.296 e. The Bertz CT molecular complexity index is 671. The van der Waals surface area contributed by atoms with E-state index in [0.717, 1.165) is 6.42 Å². The van der Waals surface area contributed by atoms with E-state index in [-0.39, 0.29) is 11.4 Å². The summed E-state index contributed by atoms with van der Waals surface area (Å²) < 4.78 is 5.37. The van der Waals surface area contributed by atoms with Crippen LogP contribution in [0, 0.1) is 10.1 Å². The van der Waals surface area contributed by atoms with Gasteiger partial charge in [0.05, 0.1) is 17.6 Å². The lowest BCUT2D eigenvalue weighted by molar-refractivity contribution is -0.384. The molecule has 2 aromatic carbocycles. The number of ether oxygens (including phenoxy) is 1. The number of amides is 1. The van der Waals surface area contributed by atoms with E-state index in [1.807, 2.05) is 6.92 Å². The molecule has 0 radical (unpaired) electrons. The molecule has 0 aliphatic carbocycles. The minimum Gasteiger partial charge on any atom is -0.493 e. The molecule has 0 atom stereocenters. The zero-order chi connectivity index (χ0) is 15.9. The number of nitrogens with one attached hydrogen (secondary N) is 1. The number of carbonyl (C=O) groups excluding carboxylic acids is 1. The van der Waals surface area contributed by atoms with Crippen LogP contribution in [0.2, 0.25) is 0 Å². The Morgan fingerprint density at radius 2 is 1.95 bits per heavy atom. The van der Waals surface area contributed by atoms with Crippen molar-refractivity contribution in [1.82, 2.24) is 0 Å². The van der Waals surface area contributed by atoms with Gasteiger partial charge >= 0.3 is 0 Å². The van der Waals surface area contributed by atoms with E-state index in [4.69, 9.17) is 4.74 Å². The SMILES string of the molecule is CCCOc1ccc(NC(=O)c2ccccc2)c([N+](=O)[O-])c1. The molecule has 6 nitrogen and oxygen atoms in total. The number of nitrogens with zero attached hydrogens (tertiary/aromatic N) is 1. The van der Waals surface area contributed by atoms with E-state index in [0.29, 0.717) is 17.9 Å². The molecular formula is C16H16N2O4. The Balaban J connectivity index is 2.23. The van der Waals surface area contributed by atoms with Gasteiger partial charge in [0.2, 0.25) is 0 Å². The van der Waals surface area contributed by atoms with Gasteiger partial charge in [-0.3, -0.25) is 14.9 Å². The number of nitro benzene ring substituents is 1. The molecule has 6 heteroatoms. The Morgan fingerprint density at radius 1 is 1.23 bits per heavy atom. The molecule has 0 heterocycles. The maximum absolute atomic E-state index is 12.1. The predicted octanol–water partition coefficient (Wildman–Crippen LogP) is 3.64. The standard InChI is InChI=1S/C16H16N2O4/c1-2-10-22-13-8-9-14(15(11-13)18(20)21)17-16(19)12-6-4-3-5-7-12/h3-9,11H,2,10H2,1H3,(H,17,19). The van der Waals surface area contributed by atoms with Crippen LogP contribution in [-0.4, -0.2) is 17.4 Å². The van der Waals surface area contributed by atoms with Gasteiger partial charge in [0.1, 0.15) is 11.4 Å². The van der Waals surface area contributed by atoms with Crippen molar-refractivity contribution in [3.8, 4) is 5.75 Å². The molecule has 1 amide bonds. The Labute approximate surface area is 127 Å². The van der Waals surface area contributed by atoms with Gasteiger partial charge in [0.15, 0.2) is 0 Å².